The van der Waals surface area contributed by atoms with Crippen LogP contribution in [0.25, 0.3) is 0 Å². The molecule has 8 nitrogen and oxygen atoms in total. The Morgan fingerprint density at radius 1 is 1.30 bits per heavy atom. The van der Waals surface area contributed by atoms with Crippen LogP contribution in [0, 0.1) is 16.0 Å². The van der Waals surface area contributed by atoms with Crippen LogP contribution in [0.2, 0.25) is 0 Å². The lowest BCUT2D eigenvalue weighted by Crippen LogP contribution is -2.30. The van der Waals surface area contributed by atoms with E-state index < -0.39 is 14.8 Å². The van der Waals surface area contributed by atoms with E-state index in [2.05, 4.69) is 10.6 Å². The second kappa shape index (κ2) is 7.40. The van der Waals surface area contributed by atoms with Crippen LogP contribution < -0.4 is 10.6 Å². The predicted molar refractivity (Wildman–Crippen MR) is 86.0 cm³/mol. The number of sulfone groups is 1. The van der Waals surface area contributed by atoms with E-state index in [1.54, 1.807) is 18.2 Å². The Kier molecular flexibility index (Phi) is 5.54. The van der Waals surface area contributed by atoms with Gasteiger partial charge in [-0.25, -0.2) is 8.42 Å². The Balaban J connectivity index is 1.71. The Hall–Kier alpha value is -2.16. The van der Waals surface area contributed by atoms with Crippen molar-refractivity contribution in [1.82, 2.24) is 5.32 Å². The molecule has 0 unspecified atom stereocenters. The van der Waals surface area contributed by atoms with E-state index in [1.165, 1.54) is 6.07 Å². The van der Waals surface area contributed by atoms with Crippen LogP contribution in [0.15, 0.2) is 24.3 Å². The summed E-state index contributed by atoms with van der Waals surface area (Å²) in [5.41, 5.74) is 0.378. The van der Waals surface area contributed by atoms with Gasteiger partial charge in [0.25, 0.3) is 5.69 Å². The number of nitro groups is 1. The van der Waals surface area contributed by atoms with Crippen LogP contribution >= 0.6 is 0 Å². The molecule has 2 N–H and O–H groups in total. The molecule has 1 aliphatic rings. The number of amides is 1. The summed E-state index contributed by atoms with van der Waals surface area (Å²) in [6.45, 7) is 0.657. The number of hydrogen-bond donors (Lipinski definition) is 2. The minimum absolute atomic E-state index is 0.0185. The van der Waals surface area contributed by atoms with Crippen molar-refractivity contribution in [3.05, 3.63) is 34.4 Å². The Morgan fingerprint density at radius 3 is 2.70 bits per heavy atom. The highest BCUT2D eigenvalue weighted by molar-refractivity contribution is 7.91. The lowest BCUT2D eigenvalue weighted by molar-refractivity contribution is -0.384. The second-order valence-electron chi connectivity index (χ2n) is 5.52. The third kappa shape index (κ3) is 5.20. The fourth-order valence-electron chi connectivity index (χ4n) is 2.55. The molecule has 1 heterocycles. The van der Waals surface area contributed by atoms with Crippen LogP contribution in [0.1, 0.15) is 12.8 Å². The van der Waals surface area contributed by atoms with E-state index in [0.717, 1.165) is 0 Å². The Labute approximate surface area is 134 Å². The van der Waals surface area contributed by atoms with Gasteiger partial charge in [-0.05, 0) is 18.4 Å². The van der Waals surface area contributed by atoms with E-state index in [-0.39, 0.29) is 35.4 Å². The molecule has 23 heavy (non-hydrogen) atoms. The van der Waals surface area contributed by atoms with E-state index in [1.807, 2.05) is 0 Å². The smallest absolute Gasteiger partial charge is 0.292 e. The summed E-state index contributed by atoms with van der Waals surface area (Å²) in [7, 11) is -2.97. The third-order valence-corrected chi connectivity index (χ3v) is 5.50. The predicted octanol–water partition coefficient (Wildman–Crippen LogP) is 0.948. The summed E-state index contributed by atoms with van der Waals surface area (Å²) in [4.78, 5) is 22.1. The van der Waals surface area contributed by atoms with Crippen LogP contribution in [0.5, 0.6) is 0 Å². The quantitative estimate of drug-likeness (QED) is 0.433. The SMILES string of the molecule is O=C(C[C@H]1CCS(=O)(=O)C1)NCCNc1ccccc1[N+](=O)[O-]. The molecule has 1 aromatic rings. The molecular formula is C14H19N3O5S. The second-order valence-corrected chi connectivity index (χ2v) is 7.75. The minimum atomic E-state index is -2.97. The molecule has 2 rings (SSSR count). The minimum Gasteiger partial charge on any atom is -0.378 e. The van der Waals surface area contributed by atoms with Gasteiger partial charge in [0, 0.05) is 25.6 Å². The van der Waals surface area contributed by atoms with Crippen LogP contribution in [0.4, 0.5) is 11.4 Å². The zero-order valence-corrected chi connectivity index (χ0v) is 13.3. The number of anilines is 1. The standard InChI is InChI=1S/C14H19N3O5S/c18-14(9-11-5-8-23(21,22)10-11)16-7-6-15-12-3-1-2-4-13(12)17(19)20/h1-4,11,15H,5-10H2,(H,16,18)/t11-/m1/s1. The van der Waals surface area contributed by atoms with Crippen LogP contribution in [-0.2, 0) is 14.6 Å². The Bertz CT molecular complexity index is 689. The molecule has 0 radical (unpaired) electrons. The van der Waals surface area contributed by atoms with Gasteiger partial charge >= 0.3 is 0 Å². The highest BCUT2D eigenvalue weighted by atomic mass is 32.2. The summed E-state index contributed by atoms with van der Waals surface area (Å²) in [6, 6.07) is 6.28. The van der Waals surface area contributed by atoms with Gasteiger partial charge in [-0.1, -0.05) is 12.1 Å². The monoisotopic (exact) mass is 341 g/mol. The zero-order chi connectivity index (χ0) is 16.9. The maximum absolute atomic E-state index is 11.8. The van der Waals surface area contributed by atoms with E-state index in [9.17, 15) is 23.3 Å². The average Bonchev–Trinajstić information content (AvgIpc) is 2.82. The van der Waals surface area contributed by atoms with Gasteiger partial charge in [-0.15, -0.1) is 0 Å². The molecule has 0 bridgehead atoms. The maximum Gasteiger partial charge on any atom is 0.292 e. The van der Waals surface area contributed by atoms with Gasteiger partial charge in [0.2, 0.25) is 5.91 Å². The van der Waals surface area contributed by atoms with Crippen LogP contribution in [0.3, 0.4) is 0 Å². The molecule has 9 heteroatoms. The molecule has 0 spiro atoms. The number of rotatable bonds is 7. The average molecular weight is 341 g/mol. The van der Waals surface area contributed by atoms with Crippen molar-refractivity contribution < 1.29 is 18.1 Å². The first-order valence-electron chi connectivity index (χ1n) is 7.32. The number of benzene rings is 1. The molecular weight excluding hydrogens is 322 g/mol. The first kappa shape index (κ1) is 17.2. The normalized spacial score (nSPS) is 19.2. The molecule has 0 saturated carbocycles. The molecule has 1 fully saturated rings. The summed E-state index contributed by atoms with van der Waals surface area (Å²) < 4.78 is 22.7. The number of para-hydroxylation sites is 2. The van der Waals surface area contributed by atoms with Crippen molar-refractivity contribution in [2.45, 2.75) is 12.8 Å². The molecule has 126 valence electrons. The van der Waals surface area contributed by atoms with Crippen molar-refractivity contribution in [2.75, 3.05) is 29.9 Å². The number of hydrogen-bond acceptors (Lipinski definition) is 6. The van der Waals surface area contributed by atoms with Gasteiger partial charge < -0.3 is 10.6 Å². The summed E-state index contributed by atoms with van der Waals surface area (Å²) in [6.07, 6.45) is 0.731. The van der Waals surface area contributed by atoms with Crippen molar-refractivity contribution >= 4 is 27.1 Å². The number of nitrogens with zero attached hydrogens (tertiary/aromatic N) is 1. The first-order valence-corrected chi connectivity index (χ1v) is 9.14. The van der Waals surface area contributed by atoms with Gasteiger partial charge in [-0.2, -0.15) is 0 Å². The third-order valence-electron chi connectivity index (χ3n) is 3.66. The van der Waals surface area contributed by atoms with Gasteiger partial charge in [0.15, 0.2) is 9.84 Å². The molecule has 1 aromatic carbocycles. The highest BCUT2D eigenvalue weighted by Crippen LogP contribution is 2.23. The number of nitro benzene ring substituents is 1. The summed E-state index contributed by atoms with van der Waals surface area (Å²) >= 11 is 0. The lowest BCUT2D eigenvalue weighted by atomic mass is 10.1. The summed E-state index contributed by atoms with van der Waals surface area (Å²) in [5.74, 6) is -0.0707. The molecule has 1 saturated heterocycles. The molecule has 1 atom stereocenters. The number of carbonyl (C=O) groups is 1. The first-order chi connectivity index (χ1) is 10.9. The van der Waals surface area contributed by atoms with Crippen molar-refractivity contribution in [3.63, 3.8) is 0 Å². The highest BCUT2D eigenvalue weighted by Gasteiger charge is 2.29. The summed E-state index contributed by atoms with van der Waals surface area (Å²) in [5, 5.41) is 16.4. The maximum atomic E-state index is 11.8. The zero-order valence-electron chi connectivity index (χ0n) is 12.5. The van der Waals surface area contributed by atoms with Gasteiger partial charge in [0.1, 0.15) is 5.69 Å². The molecule has 1 aliphatic heterocycles. The topological polar surface area (TPSA) is 118 Å². The van der Waals surface area contributed by atoms with Crippen molar-refractivity contribution in [1.29, 1.82) is 0 Å². The van der Waals surface area contributed by atoms with Crippen LogP contribution in [-0.4, -0.2) is 43.8 Å². The van der Waals surface area contributed by atoms with E-state index in [0.29, 0.717) is 25.2 Å². The number of nitrogens with one attached hydrogen (secondary N) is 2. The van der Waals surface area contributed by atoms with Crippen molar-refractivity contribution in [2.24, 2.45) is 5.92 Å². The molecule has 0 aromatic heterocycles. The lowest BCUT2D eigenvalue weighted by Gasteiger charge is -2.10. The Morgan fingerprint density at radius 2 is 2.04 bits per heavy atom. The fraction of sp³-hybridized carbons (Fsp3) is 0.500. The van der Waals surface area contributed by atoms with Gasteiger partial charge in [0.05, 0.1) is 16.4 Å². The molecule has 1 amide bonds. The van der Waals surface area contributed by atoms with E-state index >= 15 is 0 Å². The molecule has 0 aliphatic carbocycles. The van der Waals surface area contributed by atoms with Crippen molar-refractivity contribution in [3.8, 4) is 0 Å². The van der Waals surface area contributed by atoms with E-state index in [4.69, 9.17) is 0 Å². The number of carbonyl (C=O) groups excluding carboxylic acids is 1. The largest absolute Gasteiger partial charge is 0.378 e. The van der Waals surface area contributed by atoms with Gasteiger partial charge in [-0.3, -0.25) is 14.9 Å². The fourth-order valence-corrected chi connectivity index (χ4v) is 4.41.